The van der Waals surface area contributed by atoms with Gasteiger partial charge in [0.05, 0.1) is 23.2 Å². The molecule has 0 bridgehead atoms. The summed E-state index contributed by atoms with van der Waals surface area (Å²) in [5, 5.41) is 23.1. The van der Waals surface area contributed by atoms with E-state index in [1.807, 2.05) is 11.4 Å². The van der Waals surface area contributed by atoms with Crippen LogP contribution in [0.2, 0.25) is 0 Å². The Morgan fingerprint density at radius 3 is 2.66 bits per heavy atom. The second-order valence-electron chi connectivity index (χ2n) is 8.93. The van der Waals surface area contributed by atoms with Crippen molar-refractivity contribution in [1.82, 2.24) is 14.6 Å². The molecule has 10 heteroatoms. The molecule has 1 aliphatic rings. The average molecular weight is 525 g/mol. The zero-order valence-corrected chi connectivity index (χ0v) is 20.7. The second kappa shape index (κ2) is 9.46. The number of nitrogens with zero attached hydrogens (tertiary/aromatic N) is 4. The molecule has 0 saturated heterocycles. The third kappa shape index (κ3) is 4.70. The predicted octanol–water partition coefficient (Wildman–Crippen LogP) is 6.13. The molecule has 0 atom stereocenters. The first-order chi connectivity index (χ1) is 18.5. The van der Waals surface area contributed by atoms with Crippen LogP contribution in [0.5, 0.6) is 11.6 Å². The first-order valence-electron chi connectivity index (χ1n) is 11.8. The molecule has 1 fully saturated rings. The minimum Gasteiger partial charge on any atom is -0.438 e. The van der Waals surface area contributed by atoms with Crippen molar-refractivity contribution in [3.05, 3.63) is 100 Å². The molecule has 0 unspecified atom stereocenters. The highest BCUT2D eigenvalue weighted by Gasteiger charge is 2.45. The molecule has 9 nitrogen and oxygen atoms in total. The van der Waals surface area contributed by atoms with E-state index in [0.717, 1.165) is 18.4 Å². The Hall–Kier alpha value is -5.01. The van der Waals surface area contributed by atoms with E-state index >= 15 is 0 Å². The summed E-state index contributed by atoms with van der Waals surface area (Å²) < 4.78 is 7.44. The SMILES string of the molecule is N#CC1(c2cccc(C(=O)Nc3cccc(Oc4ccc5nc(NC(=O)c6ccsc6)cn5n4)c3)c2)CC1.[HH].[HH]. The van der Waals surface area contributed by atoms with Crippen LogP contribution >= 0.6 is 11.3 Å². The van der Waals surface area contributed by atoms with E-state index < -0.39 is 5.41 Å². The van der Waals surface area contributed by atoms with E-state index in [0.29, 0.717) is 39.9 Å². The standard InChI is InChI=1S/C28H20N6O3S.2H2/c29-17-28(10-11-28)20-4-1-3-18(13-20)26(35)30-21-5-2-6-22(14-21)37-25-8-7-24-31-23(15-34(24)33-25)32-27(36)19-9-12-38-16-19;;/h1-9,12-16H,10-11H2,(H,30,35)(H,32,36);2*1H. The highest BCUT2D eigenvalue weighted by atomic mass is 32.1. The van der Waals surface area contributed by atoms with E-state index in [-0.39, 0.29) is 14.7 Å². The summed E-state index contributed by atoms with van der Waals surface area (Å²) in [6.07, 6.45) is 3.24. The first kappa shape index (κ1) is 23.4. The summed E-state index contributed by atoms with van der Waals surface area (Å²) in [7, 11) is 0. The number of carbonyl (C=O) groups excluding carboxylic acids is 2. The summed E-state index contributed by atoms with van der Waals surface area (Å²) in [6.45, 7) is 0. The second-order valence-corrected chi connectivity index (χ2v) is 9.71. The predicted molar refractivity (Wildman–Crippen MR) is 147 cm³/mol. The number of hydrogen-bond acceptors (Lipinski definition) is 7. The van der Waals surface area contributed by atoms with E-state index in [2.05, 4.69) is 26.8 Å². The van der Waals surface area contributed by atoms with E-state index in [9.17, 15) is 14.9 Å². The molecule has 0 spiro atoms. The molecule has 190 valence electrons. The number of benzene rings is 2. The van der Waals surface area contributed by atoms with Gasteiger partial charge < -0.3 is 15.4 Å². The molecule has 0 aliphatic heterocycles. The number of fused-ring (bicyclic) bond motifs is 1. The Kier molecular flexibility index (Phi) is 5.82. The van der Waals surface area contributed by atoms with Gasteiger partial charge in [-0.2, -0.15) is 16.6 Å². The molecule has 2 N–H and O–H groups in total. The fourth-order valence-corrected chi connectivity index (χ4v) is 4.71. The molecule has 38 heavy (non-hydrogen) atoms. The van der Waals surface area contributed by atoms with E-state index in [1.54, 1.807) is 72.2 Å². The third-order valence-electron chi connectivity index (χ3n) is 6.28. The maximum absolute atomic E-state index is 12.9. The summed E-state index contributed by atoms with van der Waals surface area (Å²) in [4.78, 5) is 29.5. The molecular weight excluding hydrogens is 500 g/mol. The Balaban J connectivity index is 0.00000185. The summed E-state index contributed by atoms with van der Waals surface area (Å²) in [5.74, 6) is 0.660. The van der Waals surface area contributed by atoms with Gasteiger partial charge in [-0.15, -0.1) is 5.10 Å². The van der Waals surface area contributed by atoms with Crippen molar-refractivity contribution < 1.29 is 17.2 Å². The highest BCUT2D eigenvalue weighted by molar-refractivity contribution is 7.08. The molecule has 1 saturated carbocycles. The molecule has 6 rings (SSSR count). The Bertz CT molecular complexity index is 1730. The van der Waals surface area contributed by atoms with Gasteiger partial charge in [-0.3, -0.25) is 9.59 Å². The van der Waals surface area contributed by atoms with Crippen molar-refractivity contribution >= 4 is 40.3 Å². The van der Waals surface area contributed by atoms with Crippen molar-refractivity contribution in [3.63, 3.8) is 0 Å². The molecule has 1 aliphatic carbocycles. The fourth-order valence-electron chi connectivity index (χ4n) is 4.07. The van der Waals surface area contributed by atoms with Crippen molar-refractivity contribution in [2.45, 2.75) is 18.3 Å². The lowest BCUT2D eigenvalue weighted by Gasteiger charge is -2.11. The van der Waals surface area contributed by atoms with Gasteiger partial charge in [0.1, 0.15) is 5.75 Å². The van der Waals surface area contributed by atoms with Crippen LogP contribution < -0.4 is 15.4 Å². The number of aromatic nitrogens is 3. The zero-order valence-electron chi connectivity index (χ0n) is 19.9. The molecular formula is C28H24N6O3S. The number of carbonyl (C=O) groups is 2. The van der Waals surface area contributed by atoms with Gasteiger partial charge in [-0.05, 0) is 60.2 Å². The number of imidazole rings is 1. The van der Waals surface area contributed by atoms with Gasteiger partial charge in [0, 0.05) is 31.6 Å². The van der Waals surface area contributed by atoms with Crippen molar-refractivity contribution in [1.29, 1.82) is 5.26 Å². The maximum atomic E-state index is 12.9. The normalized spacial score (nSPS) is 13.4. The minimum absolute atomic E-state index is 0. The van der Waals surface area contributed by atoms with E-state index in [4.69, 9.17) is 4.74 Å². The smallest absolute Gasteiger partial charge is 0.257 e. The number of nitriles is 1. The zero-order chi connectivity index (χ0) is 26.1. The van der Waals surface area contributed by atoms with Crippen LogP contribution in [-0.2, 0) is 5.41 Å². The average Bonchev–Trinajstić information content (AvgIpc) is 3.33. The van der Waals surface area contributed by atoms with Gasteiger partial charge in [0.25, 0.3) is 11.8 Å². The molecule has 3 heterocycles. The molecule has 2 amide bonds. The van der Waals surface area contributed by atoms with Crippen LogP contribution in [0.4, 0.5) is 11.5 Å². The lowest BCUT2D eigenvalue weighted by atomic mass is 9.96. The summed E-state index contributed by atoms with van der Waals surface area (Å²) in [6, 6.07) is 21.7. The van der Waals surface area contributed by atoms with Crippen molar-refractivity contribution in [2.75, 3.05) is 10.6 Å². The molecule has 2 aromatic carbocycles. The van der Waals surface area contributed by atoms with Gasteiger partial charge >= 0.3 is 0 Å². The number of thiophene rings is 1. The Morgan fingerprint density at radius 1 is 1.03 bits per heavy atom. The third-order valence-corrected chi connectivity index (χ3v) is 6.96. The Morgan fingerprint density at radius 2 is 1.87 bits per heavy atom. The quantitative estimate of drug-likeness (QED) is 0.264. The summed E-state index contributed by atoms with van der Waals surface area (Å²) in [5.41, 5.74) is 2.58. The Labute approximate surface area is 224 Å². The number of nitrogens with one attached hydrogen (secondary N) is 2. The number of anilines is 2. The summed E-state index contributed by atoms with van der Waals surface area (Å²) >= 11 is 1.44. The van der Waals surface area contributed by atoms with Crippen LogP contribution in [0.1, 0.15) is 42.0 Å². The van der Waals surface area contributed by atoms with Crippen molar-refractivity contribution in [2.24, 2.45) is 0 Å². The van der Waals surface area contributed by atoms with Crippen molar-refractivity contribution in [3.8, 4) is 17.7 Å². The minimum atomic E-state index is -0.455. The number of ether oxygens (including phenoxy) is 1. The molecule has 3 aromatic heterocycles. The van der Waals surface area contributed by atoms with Crippen LogP contribution in [0, 0.1) is 11.3 Å². The van der Waals surface area contributed by atoms with Crippen LogP contribution in [0.25, 0.3) is 5.65 Å². The van der Waals surface area contributed by atoms with Crippen LogP contribution in [0.3, 0.4) is 0 Å². The van der Waals surface area contributed by atoms with Crippen LogP contribution in [0.15, 0.2) is 83.7 Å². The maximum Gasteiger partial charge on any atom is 0.257 e. The van der Waals surface area contributed by atoms with Gasteiger partial charge in [0.15, 0.2) is 11.5 Å². The number of amides is 2. The monoisotopic (exact) mass is 524 g/mol. The molecule has 5 aromatic rings. The number of hydrogen-bond donors (Lipinski definition) is 2. The van der Waals surface area contributed by atoms with Crippen LogP contribution in [-0.4, -0.2) is 26.4 Å². The highest BCUT2D eigenvalue weighted by Crippen LogP contribution is 2.47. The van der Waals surface area contributed by atoms with Gasteiger partial charge in [0.2, 0.25) is 5.88 Å². The lowest BCUT2D eigenvalue weighted by molar-refractivity contribution is 0.101. The fraction of sp³-hybridized carbons (Fsp3) is 0.107. The largest absolute Gasteiger partial charge is 0.438 e. The van der Waals surface area contributed by atoms with Gasteiger partial charge in [-0.1, -0.05) is 18.2 Å². The van der Waals surface area contributed by atoms with Gasteiger partial charge in [-0.25, -0.2) is 9.50 Å². The first-order valence-corrected chi connectivity index (χ1v) is 12.8. The topological polar surface area (TPSA) is 121 Å². The lowest BCUT2D eigenvalue weighted by Crippen LogP contribution is -2.13. The van der Waals surface area contributed by atoms with E-state index in [1.165, 1.54) is 15.9 Å². The molecule has 0 radical (unpaired) electrons. The number of rotatable bonds is 7.